The van der Waals surface area contributed by atoms with Gasteiger partial charge in [-0.05, 0) is 188 Å². The molecule has 0 unspecified atom stereocenters. The molecule has 0 saturated carbocycles. The summed E-state index contributed by atoms with van der Waals surface area (Å²) in [5.41, 5.74) is 8.53. The monoisotopic (exact) mass is 1730 g/mol. The summed E-state index contributed by atoms with van der Waals surface area (Å²) in [6.45, 7) is 0. The van der Waals surface area contributed by atoms with Gasteiger partial charge in [-0.25, -0.2) is 17.6 Å². The number of carbonyl (C=O) groups excluding carboxylic acids is 4. The molecular weight excluding hydrogens is 1680 g/mol. The van der Waals surface area contributed by atoms with Crippen molar-refractivity contribution in [3.63, 3.8) is 0 Å². The van der Waals surface area contributed by atoms with Crippen LogP contribution in [0.4, 0.5) is 29.1 Å². The maximum absolute atomic E-state index is 13.3. The Balaban J connectivity index is 0.000000147. The predicted molar refractivity (Wildman–Crippen MR) is 418 cm³/mol. The zero-order valence-electron chi connectivity index (χ0n) is 59.1. The predicted octanol–water partition coefficient (Wildman–Crippen LogP) is 13.1. The van der Waals surface area contributed by atoms with E-state index in [0.29, 0.717) is 54.9 Å². The van der Waals surface area contributed by atoms with Gasteiger partial charge in [-0.2, -0.15) is 62.5 Å². The molecule has 0 spiro atoms. The summed E-state index contributed by atoms with van der Waals surface area (Å²) >= 11 is 11.0. The van der Waals surface area contributed by atoms with Gasteiger partial charge in [0, 0.05) is 39.8 Å². The summed E-state index contributed by atoms with van der Waals surface area (Å²) < 4.78 is 201. The van der Waals surface area contributed by atoms with Crippen LogP contribution in [0.25, 0.3) is 43.6 Å². The first-order valence-electron chi connectivity index (χ1n) is 32.9. The van der Waals surface area contributed by atoms with E-state index in [4.69, 9.17) is 50.2 Å². The number of nitrogens with zero attached hydrogens (tertiary/aromatic N) is 4. The van der Waals surface area contributed by atoms with Gasteiger partial charge in [0.2, 0.25) is 0 Å². The van der Waals surface area contributed by atoms with Crippen LogP contribution in [-0.4, -0.2) is 118 Å². The van der Waals surface area contributed by atoms with Crippen LogP contribution in [0.5, 0.6) is 23.0 Å². The molecule has 0 aliphatic heterocycles. The highest BCUT2D eigenvalue weighted by molar-refractivity contribution is 7.88. The Morgan fingerprint density at radius 1 is 0.368 bits per heavy atom. The first-order chi connectivity index (χ1) is 55.5. The maximum Gasteiger partial charge on any atom is 0.339 e. The van der Waals surface area contributed by atoms with Crippen molar-refractivity contribution >= 4 is 153 Å². The third-order valence-electron chi connectivity index (χ3n) is 15.7. The van der Waals surface area contributed by atoms with Crippen LogP contribution in [0.1, 0.15) is 41.8 Å². The highest BCUT2D eigenvalue weighted by Crippen LogP contribution is 2.32. The number of benzene rings is 11. The van der Waals surface area contributed by atoms with E-state index in [1.807, 2.05) is 6.07 Å². The highest BCUT2D eigenvalue weighted by Gasteiger charge is 2.25. The van der Waals surface area contributed by atoms with Gasteiger partial charge >= 0.3 is 40.5 Å². The Morgan fingerprint density at radius 2 is 0.718 bits per heavy atom. The number of halogens is 6. The number of hydrogen-bond donors (Lipinski definition) is 9. The minimum Gasteiger partial charge on any atom is -0.379 e. The Morgan fingerprint density at radius 3 is 1.09 bits per heavy atom. The zero-order valence-corrected chi connectivity index (χ0v) is 64.7. The molecule has 42 heteroatoms. The molecule has 0 aliphatic rings. The van der Waals surface area contributed by atoms with Gasteiger partial charge in [-0.3, -0.25) is 44.1 Å². The first-order valence-corrected chi connectivity index (χ1v) is 40.8. The standard InChI is InChI=1S/2C20H14FN3O4S.C15H12FN3O4S.C14H10FN3O4S.C6H4Cl2O3S/c21-13-5-4-8-16(11-13)29(26,27)28-15-9-10-18-17(12-15)19(24-23-18)20(25)22-14-6-2-1-3-7-14;21-14-7-4-8-16(11-14)29(26,27)28-15-9-10-18-17(12-15)19(24-23-18)22-20(25)13-5-2-1-3-6-13;1-17-15(20)14-12-8-10(5-6-13(12)18-19-14)23-24(21,22)11-4-2-3-9(16)7-11;15-8-2-1-3-10(6-8)23(20,21)22-9-4-5-12-11(7-9)13(14(16)19)18-17-12;7-5-2-1-4(3-6(5)8)12(9,10)11/h1-12H,(H,22,25)(H,23,24);1-12H,(H2,22,23,24,25);2-8H,1H3,(H,17,20)(H,18,19);1-7H,(H2,16,19)(H,17,18);1-3H,(H,9,10,11). The van der Waals surface area contributed by atoms with Crippen molar-refractivity contribution in [1.29, 1.82) is 0 Å². The van der Waals surface area contributed by atoms with E-state index in [1.54, 1.807) is 60.7 Å². The quantitative estimate of drug-likeness (QED) is 0.0206. The van der Waals surface area contributed by atoms with Crippen LogP contribution < -0.4 is 38.4 Å². The van der Waals surface area contributed by atoms with Gasteiger partial charge in [0.05, 0.1) is 37.0 Å². The molecule has 0 fully saturated rings. The molecular formula is C75H54Cl2F4N12O19S5. The SMILES string of the molecule is CNC(=O)c1n[nH]c2ccc(OS(=O)(=O)c3cccc(F)c3)cc12.NC(=O)c1n[nH]c2ccc(OS(=O)(=O)c3cccc(F)c3)cc12.O=C(Nc1ccccc1)c1n[nH]c2ccc(OS(=O)(=O)c3cccc(F)c3)cc12.O=C(Nc1n[nH]c2ccc(OS(=O)(=O)c3cccc(F)c3)cc12)c1ccccc1.O=S(=O)(O)c1ccc(Cl)c(Cl)c1. The third kappa shape index (κ3) is 21.4. The molecule has 4 amide bonds. The van der Waals surface area contributed by atoms with Gasteiger partial charge in [-0.1, -0.05) is 83.9 Å². The van der Waals surface area contributed by atoms with Crippen molar-refractivity contribution in [1.82, 2.24) is 46.1 Å². The van der Waals surface area contributed by atoms with Crippen LogP contribution in [0.15, 0.2) is 273 Å². The second-order valence-corrected chi connectivity index (χ2v) is 32.2. The highest BCUT2D eigenvalue weighted by atomic mass is 35.5. The van der Waals surface area contributed by atoms with Gasteiger partial charge in [0.1, 0.15) is 65.8 Å². The first kappa shape index (κ1) is 84.3. The average Bonchev–Trinajstić information content (AvgIpc) is 1.72. The molecule has 0 saturated heterocycles. The number of anilines is 2. The van der Waals surface area contributed by atoms with Crippen molar-refractivity contribution in [2.24, 2.45) is 5.73 Å². The number of H-pyrrole nitrogens is 4. The van der Waals surface area contributed by atoms with E-state index in [2.05, 4.69) is 56.7 Å². The van der Waals surface area contributed by atoms with E-state index in [-0.39, 0.29) is 86.3 Å². The molecule has 31 nitrogen and oxygen atoms in total. The fourth-order valence-corrected chi connectivity index (χ4v) is 14.9. The molecule has 15 aromatic rings. The van der Waals surface area contributed by atoms with Gasteiger partial charge in [-0.15, -0.1) is 0 Å². The number of fused-ring (bicyclic) bond motifs is 4. The fourth-order valence-electron chi connectivity index (χ4n) is 10.2. The molecule has 0 atom stereocenters. The van der Waals surface area contributed by atoms with Crippen molar-refractivity contribution in [2.45, 2.75) is 24.5 Å². The molecule has 11 aromatic carbocycles. The Hall–Kier alpha value is -13.6. The van der Waals surface area contributed by atoms with Crippen LogP contribution in [0.2, 0.25) is 10.0 Å². The number of nitrogens with one attached hydrogen (secondary N) is 7. The van der Waals surface area contributed by atoms with Gasteiger partial charge in [0.15, 0.2) is 22.9 Å². The number of carbonyl (C=O) groups is 4. The van der Waals surface area contributed by atoms with E-state index in [9.17, 15) is 78.8 Å². The van der Waals surface area contributed by atoms with Crippen molar-refractivity contribution in [2.75, 3.05) is 17.7 Å². The second-order valence-electron chi connectivity index (χ2n) is 23.7. The lowest BCUT2D eigenvalue weighted by molar-refractivity contribution is 0.0956. The van der Waals surface area contributed by atoms with Gasteiger partial charge < -0.3 is 38.4 Å². The average molecular weight is 1730 g/mol. The minimum atomic E-state index is -4.24. The summed E-state index contributed by atoms with van der Waals surface area (Å²) in [5.74, 6) is -4.66. The van der Waals surface area contributed by atoms with Crippen LogP contribution in [0, 0.1) is 23.3 Å². The molecule has 10 N–H and O–H groups in total. The summed E-state index contributed by atoms with van der Waals surface area (Å²) in [6.07, 6.45) is 0. The molecule has 0 bridgehead atoms. The molecule has 600 valence electrons. The number of amides is 4. The van der Waals surface area contributed by atoms with E-state index in [0.717, 1.165) is 54.6 Å². The summed E-state index contributed by atoms with van der Waals surface area (Å²) in [7, 11) is -19.6. The van der Waals surface area contributed by atoms with Crippen LogP contribution in [0.3, 0.4) is 0 Å². The summed E-state index contributed by atoms with van der Waals surface area (Å²) in [4.78, 5) is 46.4. The second kappa shape index (κ2) is 35.8. The number of para-hydroxylation sites is 1. The summed E-state index contributed by atoms with van der Waals surface area (Å²) in [6, 6.07) is 56.2. The number of rotatable bonds is 19. The van der Waals surface area contributed by atoms with E-state index >= 15 is 0 Å². The molecule has 117 heavy (non-hydrogen) atoms. The number of aromatic amines is 4. The lowest BCUT2D eigenvalue weighted by atomic mass is 10.2. The maximum atomic E-state index is 13.3. The zero-order chi connectivity index (χ0) is 84.2. The molecule has 15 rings (SSSR count). The lowest BCUT2D eigenvalue weighted by Gasteiger charge is -2.08. The molecule has 4 aromatic heterocycles. The van der Waals surface area contributed by atoms with Crippen molar-refractivity contribution in [3.05, 3.63) is 305 Å². The minimum absolute atomic E-state index is 0.00151. The molecule has 4 heterocycles. The fraction of sp³-hybridized carbons (Fsp3) is 0.0133. The third-order valence-corrected chi connectivity index (χ3v) is 22.2. The van der Waals surface area contributed by atoms with E-state index in [1.165, 1.54) is 134 Å². The normalized spacial score (nSPS) is 11.4. The Labute approximate surface area is 669 Å². The summed E-state index contributed by atoms with van der Waals surface area (Å²) in [5, 5.41) is 36.1. The van der Waals surface area contributed by atoms with Gasteiger partial charge in [0.25, 0.3) is 33.7 Å². The van der Waals surface area contributed by atoms with E-state index < -0.39 is 91.6 Å². The van der Waals surface area contributed by atoms with Crippen molar-refractivity contribution < 1.29 is 100 Å². The smallest absolute Gasteiger partial charge is 0.339 e. The molecule has 0 aliphatic carbocycles. The number of nitrogens with two attached hydrogens (primary N) is 1. The van der Waals surface area contributed by atoms with Crippen LogP contribution >= 0.6 is 23.2 Å². The Bertz CT molecular complexity index is 6920. The number of aromatic nitrogens is 8. The lowest BCUT2D eigenvalue weighted by Crippen LogP contribution is -2.18. The molecule has 0 radical (unpaired) electrons. The van der Waals surface area contributed by atoms with Crippen molar-refractivity contribution in [3.8, 4) is 23.0 Å². The van der Waals surface area contributed by atoms with Crippen LogP contribution in [-0.2, 0) is 50.6 Å². The Kier molecular flexibility index (Phi) is 25.8. The number of primary amides is 1. The largest absolute Gasteiger partial charge is 0.379 e. The topological polar surface area (TPSA) is 473 Å². The number of hydrogen-bond acceptors (Lipinski definition) is 22.